The van der Waals surface area contributed by atoms with Crippen LogP contribution in [0.5, 0.6) is 11.5 Å². The van der Waals surface area contributed by atoms with Crippen molar-refractivity contribution >= 4 is 23.2 Å². The van der Waals surface area contributed by atoms with Crippen molar-refractivity contribution in [2.75, 3.05) is 12.4 Å². The van der Waals surface area contributed by atoms with Crippen LogP contribution in [-0.2, 0) is 13.2 Å². The van der Waals surface area contributed by atoms with Gasteiger partial charge in [0.1, 0.15) is 23.9 Å². The molecule has 37 heavy (non-hydrogen) atoms. The SMILES string of the molecule is COc1ccc(C(=O)Nc2c(C)nn(Cc3ccc(F)cc3Cl)c2C)cc1COc1cc(C)ccc1C. The summed E-state index contributed by atoms with van der Waals surface area (Å²) in [5.41, 5.74) is 6.13. The summed E-state index contributed by atoms with van der Waals surface area (Å²) in [5.74, 6) is 0.754. The molecule has 1 heterocycles. The highest BCUT2D eigenvalue weighted by Gasteiger charge is 2.18. The molecule has 0 saturated heterocycles. The predicted molar refractivity (Wildman–Crippen MR) is 143 cm³/mol. The molecule has 6 nitrogen and oxygen atoms in total. The smallest absolute Gasteiger partial charge is 0.255 e. The van der Waals surface area contributed by atoms with Gasteiger partial charge in [0.05, 0.1) is 30.7 Å². The molecule has 0 radical (unpaired) electrons. The summed E-state index contributed by atoms with van der Waals surface area (Å²) in [4.78, 5) is 13.2. The Morgan fingerprint density at radius 3 is 2.51 bits per heavy atom. The lowest BCUT2D eigenvalue weighted by molar-refractivity contribution is 0.102. The molecule has 192 valence electrons. The number of rotatable bonds is 8. The Morgan fingerprint density at radius 1 is 1.00 bits per heavy atom. The largest absolute Gasteiger partial charge is 0.496 e. The third-order valence-corrected chi connectivity index (χ3v) is 6.58. The number of hydrogen-bond donors (Lipinski definition) is 1. The molecular weight excluding hydrogens is 493 g/mol. The molecule has 0 spiro atoms. The standard InChI is InChI=1S/C29H29ClFN3O3/c1-17-6-7-18(2)27(12-17)37-16-23-13-21(9-11-26(23)36-5)29(35)32-28-19(3)33-34(20(28)4)15-22-8-10-24(31)14-25(22)30/h6-14H,15-16H2,1-5H3,(H,32,35). The van der Waals surface area contributed by atoms with Crippen LogP contribution in [0.15, 0.2) is 54.6 Å². The zero-order valence-corrected chi connectivity index (χ0v) is 22.2. The minimum atomic E-state index is -0.395. The average Bonchev–Trinajstić information content (AvgIpc) is 3.13. The maximum atomic E-state index is 13.4. The van der Waals surface area contributed by atoms with Crippen LogP contribution in [0.3, 0.4) is 0 Å². The Morgan fingerprint density at radius 2 is 1.78 bits per heavy atom. The molecule has 1 amide bonds. The number of halogens is 2. The van der Waals surface area contributed by atoms with E-state index in [9.17, 15) is 9.18 Å². The van der Waals surface area contributed by atoms with Gasteiger partial charge in [-0.05, 0) is 80.8 Å². The monoisotopic (exact) mass is 521 g/mol. The number of anilines is 1. The van der Waals surface area contributed by atoms with Crippen LogP contribution >= 0.6 is 11.6 Å². The highest BCUT2D eigenvalue weighted by Crippen LogP contribution is 2.27. The summed E-state index contributed by atoms with van der Waals surface area (Å²) in [6.45, 7) is 8.30. The number of benzene rings is 3. The third-order valence-electron chi connectivity index (χ3n) is 6.22. The van der Waals surface area contributed by atoms with Crippen LogP contribution in [0.25, 0.3) is 0 Å². The number of amides is 1. The van der Waals surface area contributed by atoms with Gasteiger partial charge in [-0.1, -0.05) is 29.8 Å². The first kappa shape index (κ1) is 26.2. The second-order valence-electron chi connectivity index (χ2n) is 8.98. The Bertz CT molecular complexity index is 1470. The molecule has 0 saturated carbocycles. The molecule has 0 aliphatic rings. The van der Waals surface area contributed by atoms with Gasteiger partial charge in [-0.3, -0.25) is 9.48 Å². The first-order chi connectivity index (χ1) is 17.7. The number of carbonyl (C=O) groups is 1. The quantitative estimate of drug-likeness (QED) is 0.277. The minimum Gasteiger partial charge on any atom is -0.496 e. The van der Waals surface area contributed by atoms with Gasteiger partial charge in [-0.25, -0.2) is 4.39 Å². The molecule has 8 heteroatoms. The maximum absolute atomic E-state index is 13.4. The number of carbonyl (C=O) groups excluding carboxylic acids is 1. The van der Waals surface area contributed by atoms with Crippen molar-refractivity contribution in [1.29, 1.82) is 0 Å². The summed E-state index contributed by atoms with van der Waals surface area (Å²) in [6, 6.07) is 15.5. The first-order valence-electron chi connectivity index (χ1n) is 11.8. The molecule has 0 fully saturated rings. The van der Waals surface area contributed by atoms with Crippen molar-refractivity contribution < 1.29 is 18.7 Å². The molecule has 4 rings (SSSR count). The number of aromatic nitrogens is 2. The Hall–Kier alpha value is -3.84. The number of ether oxygens (including phenoxy) is 2. The Balaban J connectivity index is 1.53. The molecule has 0 aliphatic heterocycles. The van der Waals surface area contributed by atoms with E-state index in [2.05, 4.69) is 10.4 Å². The van der Waals surface area contributed by atoms with Crippen LogP contribution in [0.2, 0.25) is 5.02 Å². The van der Waals surface area contributed by atoms with Crippen molar-refractivity contribution in [3.8, 4) is 11.5 Å². The van der Waals surface area contributed by atoms with E-state index in [0.717, 1.165) is 33.7 Å². The number of methoxy groups -OCH3 is 1. The average molecular weight is 522 g/mol. The zero-order valence-electron chi connectivity index (χ0n) is 21.5. The van der Waals surface area contributed by atoms with Crippen LogP contribution in [-0.4, -0.2) is 22.8 Å². The van der Waals surface area contributed by atoms with Crippen molar-refractivity contribution in [2.24, 2.45) is 0 Å². The highest BCUT2D eigenvalue weighted by atomic mass is 35.5. The van der Waals surface area contributed by atoms with E-state index in [1.807, 2.05) is 45.9 Å². The van der Waals surface area contributed by atoms with Gasteiger partial charge >= 0.3 is 0 Å². The van der Waals surface area contributed by atoms with Gasteiger partial charge in [0.2, 0.25) is 0 Å². The van der Waals surface area contributed by atoms with Crippen molar-refractivity contribution in [2.45, 2.75) is 40.8 Å². The van der Waals surface area contributed by atoms with Crippen LogP contribution in [0, 0.1) is 33.5 Å². The van der Waals surface area contributed by atoms with E-state index in [4.69, 9.17) is 21.1 Å². The third kappa shape index (κ3) is 5.94. The first-order valence-corrected chi connectivity index (χ1v) is 12.2. The van der Waals surface area contributed by atoms with Gasteiger partial charge in [-0.2, -0.15) is 5.10 Å². The van der Waals surface area contributed by atoms with Crippen LogP contribution < -0.4 is 14.8 Å². The fourth-order valence-electron chi connectivity index (χ4n) is 4.08. The lowest BCUT2D eigenvalue weighted by atomic mass is 10.1. The van der Waals surface area contributed by atoms with Gasteiger partial charge in [0, 0.05) is 16.1 Å². The van der Waals surface area contributed by atoms with Crippen LogP contribution in [0.1, 0.15) is 44.0 Å². The van der Waals surface area contributed by atoms with Crippen molar-refractivity contribution in [1.82, 2.24) is 9.78 Å². The fourth-order valence-corrected chi connectivity index (χ4v) is 4.31. The molecule has 0 atom stereocenters. The molecule has 4 aromatic rings. The van der Waals surface area contributed by atoms with Gasteiger partial charge < -0.3 is 14.8 Å². The van der Waals surface area contributed by atoms with E-state index in [1.165, 1.54) is 12.1 Å². The molecule has 0 aliphatic carbocycles. The topological polar surface area (TPSA) is 65.4 Å². The van der Waals surface area contributed by atoms with E-state index >= 15 is 0 Å². The van der Waals surface area contributed by atoms with Crippen LogP contribution in [0.4, 0.5) is 10.1 Å². The van der Waals surface area contributed by atoms with Gasteiger partial charge in [-0.15, -0.1) is 0 Å². The Labute approximate surface area is 221 Å². The van der Waals surface area contributed by atoms with Gasteiger partial charge in [0.15, 0.2) is 0 Å². The predicted octanol–water partition coefficient (Wildman–Crippen LogP) is 6.80. The minimum absolute atomic E-state index is 0.253. The maximum Gasteiger partial charge on any atom is 0.255 e. The second kappa shape index (κ2) is 11.0. The summed E-state index contributed by atoms with van der Waals surface area (Å²) in [5, 5.41) is 7.86. The van der Waals surface area contributed by atoms with Gasteiger partial charge in [0.25, 0.3) is 5.91 Å². The van der Waals surface area contributed by atoms with E-state index < -0.39 is 5.82 Å². The fraction of sp³-hybridized carbons (Fsp3) is 0.241. The molecule has 3 aromatic carbocycles. The second-order valence-corrected chi connectivity index (χ2v) is 9.38. The van der Waals surface area contributed by atoms with Crippen molar-refractivity contribution in [3.63, 3.8) is 0 Å². The molecule has 0 unspecified atom stereocenters. The highest BCUT2D eigenvalue weighted by molar-refractivity contribution is 6.31. The lowest BCUT2D eigenvalue weighted by Gasteiger charge is -2.14. The van der Waals surface area contributed by atoms with E-state index in [-0.39, 0.29) is 12.5 Å². The number of nitrogens with zero attached hydrogens (tertiary/aromatic N) is 2. The lowest BCUT2D eigenvalue weighted by Crippen LogP contribution is -2.14. The molecule has 1 aromatic heterocycles. The van der Waals surface area contributed by atoms with Crippen molar-refractivity contribution in [3.05, 3.63) is 105 Å². The normalized spacial score (nSPS) is 10.9. The Kier molecular flexibility index (Phi) is 7.83. The van der Waals surface area contributed by atoms with E-state index in [1.54, 1.807) is 36.1 Å². The molecular formula is C29H29ClFN3O3. The molecule has 1 N–H and O–H groups in total. The number of hydrogen-bond acceptors (Lipinski definition) is 4. The summed E-state index contributed by atoms with van der Waals surface area (Å²) in [6.07, 6.45) is 0. The molecule has 0 bridgehead atoms. The number of aryl methyl sites for hydroxylation is 3. The summed E-state index contributed by atoms with van der Waals surface area (Å²) < 4.78 is 26.7. The summed E-state index contributed by atoms with van der Waals surface area (Å²) in [7, 11) is 1.59. The zero-order chi connectivity index (χ0) is 26.7. The summed E-state index contributed by atoms with van der Waals surface area (Å²) >= 11 is 6.19. The van der Waals surface area contributed by atoms with E-state index in [0.29, 0.717) is 34.3 Å². The number of nitrogens with one attached hydrogen (secondary N) is 1.